The van der Waals surface area contributed by atoms with E-state index in [1.54, 1.807) is 6.92 Å². The normalized spacial score (nSPS) is 27.9. The zero-order valence-corrected chi connectivity index (χ0v) is 8.66. The molecule has 14 heavy (non-hydrogen) atoms. The van der Waals surface area contributed by atoms with E-state index in [1.165, 1.54) is 0 Å². The van der Waals surface area contributed by atoms with E-state index in [1.807, 2.05) is 0 Å². The van der Waals surface area contributed by atoms with Gasteiger partial charge in [-0.15, -0.1) is 0 Å². The molecule has 0 aromatic heterocycles. The number of aliphatic hydroxyl groups is 1. The second-order valence-corrected chi connectivity index (χ2v) is 3.72. The van der Waals surface area contributed by atoms with Crippen LogP contribution in [0, 0.1) is 0 Å². The minimum Gasteiger partial charge on any atom is -0.450 e. The molecule has 4 heteroatoms. The van der Waals surface area contributed by atoms with E-state index in [0.717, 1.165) is 32.1 Å². The number of hydrogen-bond acceptors (Lipinski definition) is 3. The van der Waals surface area contributed by atoms with E-state index < -0.39 is 0 Å². The fourth-order valence-corrected chi connectivity index (χ4v) is 1.77. The standard InChI is InChI=1S/C10H19NO3/c1-2-14-10(13)11-8-4-3-5-9(12)7-6-8/h8-9,12H,2-7H2,1H3,(H,11,13)/t8-,9+/m1/s1. The van der Waals surface area contributed by atoms with Crippen LogP contribution >= 0.6 is 0 Å². The van der Waals surface area contributed by atoms with E-state index in [2.05, 4.69) is 5.32 Å². The Morgan fingerprint density at radius 3 is 2.93 bits per heavy atom. The van der Waals surface area contributed by atoms with E-state index in [0.29, 0.717) is 6.61 Å². The molecular weight excluding hydrogens is 182 g/mol. The van der Waals surface area contributed by atoms with Crippen LogP contribution in [0.3, 0.4) is 0 Å². The zero-order valence-electron chi connectivity index (χ0n) is 8.66. The predicted octanol–water partition coefficient (Wildman–Crippen LogP) is 1.43. The average molecular weight is 201 g/mol. The third kappa shape index (κ3) is 3.96. The lowest BCUT2D eigenvalue weighted by Crippen LogP contribution is -2.34. The fraction of sp³-hybridized carbons (Fsp3) is 0.900. The van der Waals surface area contributed by atoms with Crippen molar-refractivity contribution in [3.63, 3.8) is 0 Å². The summed E-state index contributed by atoms with van der Waals surface area (Å²) in [6.45, 7) is 2.19. The van der Waals surface area contributed by atoms with Gasteiger partial charge in [-0.2, -0.15) is 0 Å². The summed E-state index contributed by atoms with van der Waals surface area (Å²) >= 11 is 0. The molecule has 4 nitrogen and oxygen atoms in total. The number of amides is 1. The highest BCUT2D eigenvalue weighted by Gasteiger charge is 2.18. The van der Waals surface area contributed by atoms with Crippen LogP contribution in [0.2, 0.25) is 0 Å². The lowest BCUT2D eigenvalue weighted by Gasteiger charge is -2.15. The van der Waals surface area contributed by atoms with Gasteiger partial charge >= 0.3 is 6.09 Å². The Bertz CT molecular complexity index is 184. The van der Waals surface area contributed by atoms with Crippen LogP contribution in [-0.4, -0.2) is 30.0 Å². The Morgan fingerprint density at radius 1 is 1.43 bits per heavy atom. The molecule has 2 atom stereocenters. The third-order valence-corrected chi connectivity index (χ3v) is 2.54. The van der Waals surface area contributed by atoms with Gasteiger partial charge in [-0.1, -0.05) is 0 Å². The highest BCUT2D eigenvalue weighted by molar-refractivity contribution is 5.67. The first-order valence-corrected chi connectivity index (χ1v) is 5.33. The molecule has 1 aliphatic carbocycles. The largest absolute Gasteiger partial charge is 0.450 e. The third-order valence-electron chi connectivity index (χ3n) is 2.54. The van der Waals surface area contributed by atoms with E-state index in [-0.39, 0.29) is 18.2 Å². The van der Waals surface area contributed by atoms with Gasteiger partial charge in [-0.3, -0.25) is 0 Å². The molecule has 1 aliphatic rings. The van der Waals surface area contributed by atoms with E-state index in [4.69, 9.17) is 4.74 Å². The van der Waals surface area contributed by atoms with Crippen LogP contribution in [0.1, 0.15) is 39.0 Å². The Balaban J connectivity index is 2.26. The summed E-state index contributed by atoms with van der Waals surface area (Å²) in [7, 11) is 0. The molecular formula is C10H19NO3. The van der Waals surface area contributed by atoms with Crippen molar-refractivity contribution in [2.45, 2.75) is 51.2 Å². The maximum atomic E-state index is 11.1. The van der Waals surface area contributed by atoms with Crippen molar-refractivity contribution in [3.05, 3.63) is 0 Å². The molecule has 0 heterocycles. The number of nitrogens with one attached hydrogen (secondary N) is 1. The number of alkyl carbamates (subject to hydrolysis) is 1. The fourth-order valence-electron chi connectivity index (χ4n) is 1.77. The first-order chi connectivity index (χ1) is 6.72. The molecule has 82 valence electrons. The smallest absolute Gasteiger partial charge is 0.407 e. The SMILES string of the molecule is CCOC(=O)N[C@@H]1CCC[C@H](O)CC1. The number of ether oxygens (including phenoxy) is 1. The monoisotopic (exact) mass is 201 g/mol. The molecule has 0 aromatic rings. The Labute approximate surface area is 84.6 Å². The topological polar surface area (TPSA) is 58.6 Å². The van der Waals surface area contributed by atoms with E-state index in [9.17, 15) is 9.90 Å². The Hall–Kier alpha value is -0.770. The molecule has 1 fully saturated rings. The van der Waals surface area contributed by atoms with Crippen molar-refractivity contribution in [2.75, 3.05) is 6.61 Å². The van der Waals surface area contributed by atoms with E-state index >= 15 is 0 Å². The van der Waals surface area contributed by atoms with Crippen molar-refractivity contribution >= 4 is 6.09 Å². The highest BCUT2D eigenvalue weighted by atomic mass is 16.5. The summed E-state index contributed by atoms with van der Waals surface area (Å²) in [5, 5.41) is 12.2. The maximum absolute atomic E-state index is 11.1. The van der Waals surface area contributed by atoms with Crippen LogP contribution in [0.5, 0.6) is 0 Å². The summed E-state index contributed by atoms with van der Waals surface area (Å²) in [5.74, 6) is 0. The first kappa shape index (κ1) is 11.3. The molecule has 0 bridgehead atoms. The molecule has 1 rings (SSSR count). The minimum atomic E-state index is -0.339. The zero-order chi connectivity index (χ0) is 10.4. The van der Waals surface area contributed by atoms with Crippen molar-refractivity contribution < 1.29 is 14.6 Å². The molecule has 0 radical (unpaired) electrons. The van der Waals surface area contributed by atoms with Crippen molar-refractivity contribution in [3.8, 4) is 0 Å². The summed E-state index contributed by atoms with van der Waals surface area (Å²) < 4.78 is 4.80. The molecule has 0 spiro atoms. The van der Waals surface area contributed by atoms with Gasteiger partial charge in [0.05, 0.1) is 12.7 Å². The molecule has 0 saturated heterocycles. The van der Waals surface area contributed by atoms with Crippen LogP contribution in [0.25, 0.3) is 0 Å². The number of aliphatic hydroxyl groups excluding tert-OH is 1. The second-order valence-electron chi connectivity index (χ2n) is 3.72. The summed E-state index contributed by atoms with van der Waals surface area (Å²) in [4.78, 5) is 11.1. The Morgan fingerprint density at radius 2 is 2.21 bits per heavy atom. The number of carbonyl (C=O) groups excluding carboxylic acids is 1. The Kier molecular flexibility index (Phi) is 4.73. The average Bonchev–Trinajstić information content (AvgIpc) is 2.32. The van der Waals surface area contributed by atoms with Gasteiger partial charge in [0.1, 0.15) is 0 Å². The van der Waals surface area contributed by atoms with Gasteiger partial charge in [0.2, 0.25) is 0 Å². The second kappa shape index (κ2) is 5.86. The van der Waals surface area contributed by atoms with Crippen molar-refractivity contribution in [1.82, 2.24) is 5.32 Å². The summed E-state index contributed by atoms with van der Waals surface area (Å²) in [5.41, 5.74) is 0. The van der Waals surface area contributed by atoms with Crippen LogP contribution in [0.15, 0.2) is 0 Å². The van der Waals surface area contributed by atoms with Crippen molar-refractivity contribution in [1.29, 1.82) is 0 Å². The van der Waals surface area contributed by atoms with Gasteiger partial charge < -0.3 is 15.2 Å². The molecule has 2 N–H and O–H groups in total. The molecule has 0 aliphatic heterocycles. The summed E-state index contributed by atoms with van der Waals surface area (Å²) in [6.07, 6.45) is 3.85. The first-order valence-electron chi connectivity index (χ1n) is 5.33. The minimum absolute atomic E-state index is 0.172. The van der Waals surface area contributed by atoms with Crippen LogP contribution in [0.4, 0.5) is 4.79 Å². The molecule has 0 aromatic carbocycles. The predicted molar refractivity (Wildman–Crippen MR) is 53.0 cm³/mol. The van der Waals surface area contributed by atoms with Gasteiger partial charge in [0.25, 0.3) is 0 Å². The van der Waals surface area contributed by atoms with Gasteiger partial charge in [0.15, 0.2) is 0 Å². The van der Waals surface area contributed by atoms with Gasteiger partial charge in [-0.05, 0) is 39.0 Å². The van der Waals surface area contributed by atoms with Crippen molar-refractivity contribution in [2.24, 2.45) is 0 Å². The lowest BCUT2D eigenvalue weighted by atomic mass is 10.1. The molecule has 1 amide bonds. The molecule has 1 saturated carbocycles. The maximum Gasteiger partial charge on any atom is 0.407 e. The number of rotatable bonds is 2. The molecule has 0 unspecified atom stereocenters. The number of hydrogen-bond donors (Lipinski definition) is 2. The lowest BCUT2D eigenvalue weighted by molar-refractivity contribution is 0.143. The van der Waals surface area contributed by atoms with Crippen LogP contribution in [-0.2, 0) is 4.74 Å². The van der Waals surface area contributed by atoms with Gasteiger partial charge in [0, 0.05) is 6.04 Å². The van der Waals surface area contributed by atoms with Crippen LogP contribution < -0.4 is 5.32 Å². The quantitative estimate of drug-likeness (QED) is 0.664. The summed E-state index contributed by atoms with van der Waals surface area (Å²) in [6, 6.07) is 0.172. The number of carbonyl (C=O) groups is 1. The van der Waals surface area contributed by atoms with Gasteiger partial charge in [-0.25, -0.2) is 4.79 Å². The highest BCUT2D eigenvalue weighted by Crippen LogP contribution is 2.17.